The number of carbonyl (C=O) groups is 1. The standard InChI is InChI=1S/C16H10Cl2N2O2/c17-10-5-7-15(12(18)9-10)20-14-4-2-1-3-11(14)13(19-20)6-8-16(21)22/h1-9H,(H,21,22)/b8-6+. The van der Waals surface area contributed by atoms with Crippen LogP contribution in [0.3, 0.4) is 0 Å². The minimum absolute atomic E-state index is 0.467. The van der Waals surface area contributed by atoms with E-state index in [1.807, 2.05) is 24.3 Å². The Hall–Kier alpha value is -2.30. The first kappa shape index (κ1) is 14.6. The van der Waals surface area contributed by atoms with Gasteiger partial charge in [0.05, 0.1) is 21.9 Å². The van der Waals surface area contributed by atoms with Crippen molar-refractivity contribution in [2.45, 2.75) is 0 Å². The third kappa shape index (κ3) is 2.71. The number of aliphatic carboxylic acids is 1. The molecule has 110 valence electrons. The minimum atomic E-state index is -1.02. The minimum Gasteiger partial charge on any atom is -0.478 e. The fourth-order valence-electron chi connectivity index (χ4n) is 2.20. The Morgan fingerprint density at radius 1 is 1.18 bits per heavy atom. The van der Waals surface area contributed by atoms with Crippen LogP contribution in [0.4, 0.5) is 0 Å². The van der Waals surface area contributed by atoms with Crippen molar-refractivity contribution in [1.29, 1.82) is 0 Å². The van der Waals surface area contributed by atoms with Crippen molar-refractivity contribution < 1.29 is 9.90 Å². The highest BCUT2D eigenvalue weighted by Gasteiger charge is 2.12. The highest BCUT2D eigenvalue weighted by molar-refractivity contribution is 6.35. The van der Waals surface area contributed by atoms with Crippen LogP contribution in [-0.2, 0) is 4.79 Å². The summed E-state index contributed by atoms with van der Waals surface area (Å²) in [5.74, 6) is -1.02. The number of rotatable bonds is 3. The lowest BCUT2D eigenvalue weighted by Gasteiger charge is -2.06. The Balaban J connectivity index is 2.24. The van der Waals surface area contributed by atoms with Gasteiger partial charge in [0.15, 0.2) is 0 Å². The first-order valence-corrected chi connectivity index (χ1v) is 7.16. The van der Waals surface area contributed by atoms with E-state index in [1.165, 1.54) is 6.08 Å². The number of nitrogens with zero attached hydrogens (tertiary/aromatic N) is 2. The average Bonchev–Trinajstić information content (AvgIpc) is 2.84. The predicted octanol–water partition coefficient (Wildman–Crippen LogP) is 4.43. The molecule has 0 saturated carbocycles. The van der Waals surface area contributed by atoms with E-state index in [0.717, 1.165) is 17.0 Å². The molecule has 0 spiro atoms. The van der Waals surface area contributed by atoms with E-state index in [0.29, 0.717) is 21.4 Å². The van der Waals surface area contributed by atoms with Gasteiger partial charge in [-0.1, -0.05) is 41.4 Å². The van der Waals surface area contributed by atoms with Crippen LogP contribution in [0.25, 0.3) is 22.7 Å². The quantitative estimate of drug-likeness (QED) is 0.722. The zero-order chi connectivity index (χ0) is 15.7. The van der Waals surface area contributed by atoms with Gasteiger partial charge in [0.25, 0.3) is 0 Å². The van der Waals surface area contributed by atoms with Gasteiger partial charge >= 0.3 is 5.97 Å². The molecule has 3 aromatic rings. The highest BCUT2D eigenvalue weighted by Crippen LogP contribution is 2.28. The summed E-state index contributed by atoms with van der Waals surface area (Å²) in [7, 11) is 0. The van der Waals surface area contributed by atoms with E-state index < -0.39 is 5.97 Å². The number of halogens is 2. The summed E-state index contributed by atoms with van der Waals surface area (Å²) in [6.07, 6.45) is 2.52. The second-order valence-electron chi connectivity index (χ2n) is 4.58. The molecule has 0 amide bonds. The Bertz CT molecular complexity index is 900. The molecule has 2 aromatic carbocycles. The van der Waals surface area contributed by atoms with Crippen LogP contribution in [0.2, 0.25) is 10.0 Å². The molecule has 1 heterocycles. The number of carboxylic acid groups (broad SMARTS) is 1. The smallest absolute Gasteiger partial charge is 0.328 e. The molecule has 3 rings (SSSR count). The fourth-order valence-corrected chi connectivity index (χ4v) is 2.69. The predicted molar refractivity (Wildman–Crippen MR) is 87.8 cm³/mol. The lowest BCUT2D eigenvalue weighted by atomic mass is 10.2. The van der Waals surface area contributed by atoms with Gasteiger partial charge in [0, 0.05) is 16.5 Å². The molecule has 0 aliphatic carbocycles. The van der Waals surface area contributed by atoms with Crippen molar-refractivity contribution >= 4 is 46.2 Å². The van der Waals surface area contributed by atoms with Gasteiger partial charge in [0.2, 0.25) is 0 Å². The molecular formula is C16H10Cl2N2O2. The molecule has 0 atom stereocenters. The Kier molecular flexibility index (Phi) is 3.88. The molecule has 1 N–H and O–H groups in total. The van der Waals surface area contributed by atoms with Crippen LogP contribution in [-0.4, -0.2) is 20.9 Å². The molecule has 0 aliphatic rings. The highest BCUT2D eigenvalue weighted by atomic mass is 35.5. The van der Waals surface area contributed by atoms with Gasteiger partial charge in [-0.15, -0.1) is 0 Å². The second-order valence-corrected chi connectivity index (χ2v) is 5.43. The number of carboxylic acids is 1. The summed E-state index contributed by atoms with van der Waals surface area (Å²) >= 11 is 12.2. The third-order valence-corrected chi connectivity index (χ3v) is 3.68. The molecule has 0 radical (unpaired) electrons. The van der Waals surface area contributed by atoms with E-state index in [4.69, 9.17) is 28.3 Å². The van der Waals surface area contributed by atoms with Crippen molar-refractivity contribution in [3.8, 4) is 5.69 Å². The molecule has 0 bridgehead atoms. The van der Waals surface area contributed by atoms with E-state index in [9.17, 15) is 4.79 Å². The normalized spacial score (nSPS) is 11.4. The summed E-state index contributed by atoms with van der Waals surface area (Å²) < 4.78 is 1.68. The number of benzene rings is 2. The molecule has 0 fully saturated rings. The molecule has 6 heteroatoms. The third-order valence-electron chi connectivity index (χ3n) is 3.14. The monoisotopic (exact) mass is 332 g/mol. The summed E-state index contributed by atoms with van der Waals surface area (Å²) in [6.45, 7) is 0. The van der Waals surface area contributed by atoms with Crippen LogP contribution in [0, 0.1) is 0 Å². The van der Waals surface area contributed by atoms with Gasteiger partial charge in [-0.25, -0.2) is 9.48 Å². The van der Waals surface area contributed by atoms with Gasteiger partial charge < -0.3 is 5.11 Å². The van der Waals surface area contributed by atoms with E-state index in [2.05, 4.69) is 5.10 Å². The molecule has 0 saturated heterocycles. The van der Waals surface area contributed by atoms with Gasteiger partial charge in [-0.3, -0.25) is 0 Å². The molecule has 0 unspecified atom stereocenters. The maximum absolute atomic E-state index is 10.7. The number of para-hydroxylation sites is 1. The number of hydrogen-bond donors (Lipinski definition) is 1. The number of hydrogen-bond acceptors (Lipinski definition) is 2. The van der Waals surface area contributed by atoms with E-state index in [1.54, 1.807) is 22.9 Å². The molecule has 4 nitrogen and oxygen atoms in total. The van der Waals surface area contributed by atoms with E-state index >= 15 is 0 Å². The lowest BCUT2D eigenvalue weighted by molar-refractivity contribution is -0.131. The topological polar surface area (TPSA) is 55.1 Å². The number of aromatic nitrogens is 2. The van der Waals surface area contributed by atoms with Crippen molar-refractivity contribution in [2.24, 2.45) is 0 Å². The van der Waals surface area contributed by atoms with Crippen molar-refractivity contribution in [2.75, 3.05) is 0 Å². The van der Waals surface area contributed by atoms with Crippen molar-refractivity contribution in [3.63, 3.8) is 0 Å². The van der Waals surface area contributed by atoms with E-state index in [-0.39, 0.29) is 0 Å². The molecule has 1 aromatic heterocycles. The lowest BCUT2D eigenvalue weighted by Crippen LogP contribution is -1.97. The van der Waals surface area contributed by atoms with Crippen molar-refractivity contribution in [1.82, 2.24) is 9.78 Å². The maximum atomic E-state index is 10.7. The average molecular weight is 333 g/mol. The zero-order valence-corrected chi connectivity index (χ0v) is 12.7. The van der Waals surface area contributed by atoms with Crippen LogP contribution in [0.15, 0.2) is 48.5 Å². The Labute approximate surface area is 136 Å². The van der Waals surface area contributed by atoms with Gasteiger partial charge in [0.1, 0.15) is 0 Å². The fraction of sp³-hybridized carbons (Fsp3) is 0. The van der Waals surface area contributed by atoms with Gasteiger partial charge in [-0.05, 0) is 30.3 Å². The van der Waals surface area contributed by atoms with Gasteiger partial charge in [-0.2, -0.15) is 5.10 Å². The second kappa shape index (κ2) is 5.83. The Morgan fingerprint density at radius 2 is 1.95 bits per heavy atom. The van der Waals surface area contributed by atoms with Crippen molar-refractivity contribution in [3.05, 3.63) is 64.3 Å². The summed E-state index contributed by atoms with van der Waals surface area (Å²) in [5, 5.41) is 15.1. The summed E-state index contributed by atoms with van der Waals surface area (Å²) in [6, 6.07) is 12.7. The molecule has 0 aliphatic heterocycles. The largest absolute Gasteiger partial charge is 0.478 e. The van der Waals surface area contributed by atoms with Crippen LogP contribution < -0.4 is 0 Å². The molecule has 22 heavy (non-hydrogen) atoms. The summed E-state index contributed by atoms with van der Waals surface area (Å²) in [4.78, 5) is 10.7. The zero-order valence-electron chi connectivity index (χ0n) is 11.2. The molecular weight excluding hydrogens is 323 g/mol. The first-order chi connectivity index (χ1) is 10.6. The number of fused-ring (bicyclic) bond motifs is 1. The van der Waals surface area contributed by atoms with Crippen LogP contribution >= 0.6 is 23.2 Å². The van der Waals surface area contributed by atoms with Crippen LogP contribution in [0.1, 0.15) is 5.69 Å². The van der Waals surface area contributed by atoms with Crippen LogP contribution in [0.5, 0.6) is 0 Å². The summed E-state index contributed by atoms with van der Waals surface area (Å²) in [5.41, 5.74) is 2.07. The first-order valence-electron chi connectivity index (χ1n) is 6.40. The Morgan fingerprint density at radius 3 is 2.68 bits per heavy atom. The SMILES string of the molecule is O=C(O)/C=C/c1nn(-c2ccc(Cl)cc2Cl)c2ccccc12. The maximum Gasteiger partial charge on any atom is 0.328 e.